The highest BCUT2D eigenvalue weighted by Crippen LogP contribution is 2.28. The zero-order chi connectivity index (χ0) is 17.2. The molecule has 0 aliphatic carbocycles. The van der Waals surface area contributed by atoms with E-state index in [2.05, 4.69) is 14.9 Å². The molecule has 0 radical (unpaired) electrons. The Kier molecular flexibility index (Phi) is 4.66. The molecule has 3 heterocycles. The molecule has 2 aromatic heterocycles. The van der Waals surface area contributed by atoms with E-state index in [4.69, 9.17) is 28.2 Å². The molecule has 1 aromatic carbocycles. The van der Waals surface area contributed by atoms with E-state index in [0.717, 1.165) is 54.3 Å². The minimum absolute atomic E-state index is 0.710. The molecule has 0 saturated heterocycles. The van der Waals surface area contributed by atoms with Crippen molar-refractivity contribution in [1.82, 2.24) is 19.9 Å². The molecule has 0 saturated carbocycles. The summed E-state index contributed by atoms with van der Waals surface area (Å²) in [7, 11) is 0. The maximum atomic E-state index is 6.30. The molecule has 1 aliphatic heterocycles. The molecule has 0 spiro atoms. The van der Waals surface area contributed by atoms with Crippen LogP contribution in [0.5, 0.6) is 0 Å². The number of hydrogen-bond acceptors (Lipinski definition) is 4. The predicted octanol–water partition coefficient (Wildman–Crippen LogP) is 4.40. The molecule has 25 heavy (non-hydrogen) atoms. The standard InChI is InChI=1S/C19H16Cl2N4/c20-16-4-1-5-17(21)15(16)12-25-8-6-18-14(11-25)10-23-19(24-18)13-3-2-7-22-9-13/h1-5,7,9-10H,6,8,11-12H2. The molecule has 126 valence electrons. The maximum absolute atomic E-state index is 6.30. The molecule has 0 N–H and O–H groups in total. The Morgan fingerprint density at radius 1 is 1.04 bits per heavy atom. The normalized spacial score (nSPS) is 14.3. The van der Waals surface area contributed by atoms with Crippen LogP contribution >= 0.6 is 23.2 Å². The molecule has 4 nitrogen and oxygen atoms in total. The van der Waals surface area contributed by atoms with Crippen LogP contribution in [-0.2, 0) is 19.5 Å². The van der Waals surface area contributed by atoms with Crippen molar-refractivity contribution < 1.29 is 0 Å². The van der Waals surface area contributed by atoms with Crippen LogP contribution in [0.1, 0.15) is 16.8 Å². The largest absolute Gasteiger partial charge is 0.294 e. The number of benzene rings is 1. The van der Waals surface area contributed by atoms with Crippen molar-refractivity contribution in [2.45, 2.75) is 19.5 Å². The third kappa shape index (κ3) is 3.52. The highest BCUT2D eigenvalue weighted by atomic mass is 35.5. The second-order valence-electron chi connectivity index (χ2n) is 6.07. The van der Waals surface area contributed by atoms with Crippen LogP contribution in [0.3, 0.4) is 0 Å². The SMILES string of the molecule is Clc1cccc(Cl)c1CN1CCc2nc(-c3cccnc3)ncc2C1. The smallest absolute Gasteiger partial charge is 0.160 e. The van der Waals surface area contributed by atoms with Crippen molar-refractivity contribution in [3.05, 3.63) is 75.8 Å². The lowest BCUT2D eigenvalue weighted by atomic mass is 10.1. The third-order valence-corrected chi connectivity index (χ3v) is 5.08. The molecule has 3 aromatic rings. The van der Waals surface area contributed by atoms with E-state index in [9.17, 15) is 0 Å². The van der Waals surface area contributed by atoms with Crippen molar-refractivity contribution >= 4 is 23.2 Å². The van der Waals surface area contributed by atoms with E-state index in [1.807, 2.05) is 36.5 Å². The fraction of sp³-hybridized carbons (Fsp3) is 0.211. The highest BCUT2D eigenvalue weighted by Gasteiger charge is 2.20. The van der Waals surface area contributed by atoms with Crippen molar-refractivity contribution in [1.29, 1.82) is 0 Å². The van der Waals surface area contributed by atoms with Crippen molar-refractivity contribution in [2.75, 3.05) is 6.54 Å². The summed E-state index contributed by atoms with van der Waals surface area (Å²) >= 11 is 12.6. The van der Waals surface area contributed by atoms with Gasteiger partial charge in [0.05, 0.1) is 5.69 Å². The number of nitrogens with zero attached hydrogens (tertiary/aromatic N) is 4. The number of halogens is 2. The fourth-order valence-corrected chi connectivity index (χ4v) is 3.57. The molecule has 6 heteroatoms. The van der Waals surface area contributed by atoms with Crippen LogP contribution in [0.25, 0.3) is 11.4 Å². The molecule has 1 aliphatic rings. The van der Waals surface area contributed by atoms with Gasteiger partial charge in [-0.05, 0) is 24.3 Å². The van der Waals surface area contributed by atoms with Crippen molar-refractivity contribution in [3.8, 4) is 11.4 Å². The Balaban J connectivity index is 1.54. The number of pyridine rings is 1. The topological polar surface area (TPSA) is 41.9 Å². The Morgan fingerprint density at radius 2 is 1.88 bits per heavy atom. The van der Waals surface area contributed by atoms with Crippen LogP contribution in [0.15, 0.2) is 48.9 Å². The van der Waals surface area contributed by atoms with Gasteiger partial charge >= 0.3 is 0 Å². The van der Waals surface area contributed by atoms with Gasteiger partial charge in [-0.25, -0.2) is 9.97 Å². The Bertz CT molecular complexity index is 879. The van der Waals surface area contributed by atoms with Gasteiger partial charge in [-0.3, -0.25) is 9.88 Å². The third-order valence-electron chi connectivity index (χ3n) is 4.38. The first-order valence-corrected chi connectivity index (χ1v) is 8.87. The first-order chi connectivity index (χ1) is 12.2. The number of aromatic nitrogens is 3. The van der Waals surface area contributed by atoms with Crippen LogP contribution < -0.4 is 0 Å². The molecule has 0 unspecified atom stereocenters. The van der Waals surface area contributed by atoms with Crippen LogP contribution in [0.2, 0.25) is 10.0 Å². The fourth-order valence-electron chi connectivity index (χ4n) is 3.05. The van der Waals surface area contributed by atoms with E-state index in [1.54, 1.807) is 12.4 Å². The summed E-state index contributed by atoms with van der Waals surface area (Å²) in [4.78, 5) is 15.7. The number of rotatable bonds is 3. The maximum Gasteiger partial charge on any atom is 0.160 e. The highest BCUT2D eigenvalue weighted by molar-refractivity contribution is 6.35. The van der Waals surface area contributed by atoms with Gasteiger partial charge in [0, 0.05) is 71.4 Å². The molecule has 0 amide bonds. The van der Waals surface area contributed by atoms with Crippen LogP contribution in [0.4, 0.5) is 0 Å². The van der Waals surface area contributed by atoms with Gasteiger partial charge in [-0.1, -0.05) is 29.3 Å². The predicted molar refractivity (Wildman–Crippen MR) is 99.5 cm³/mol. The number of fused-ring (bicyclic) bond motifs is 1. The van der Waals surface area contributed by atoms with E-state index in [1.165, 1.54) is 0 Å². The molecular weight excluding hydrogens is 355 g/mol. The van der Waals surface area contributed by atoms with E-state index in [-0.39, 0.29) is 0 Å². The van der Waals surface area contributed by atoms with Gasteiger partial charge in [0.15, 0.2) is 5.82 Å². The summed E-state index contributed by atoms with van der Waals surface area (Å²) in [5, 5.41) is 1.42. The first-order valence-electron chi connectivity index (χ1n) is 8.11. The van der Waals surface area contributed by atoms with Crippen molar-refractivity contribution in [2.24, 2.45) is 0 Å². The molecule has 0 fully saturated rings. The zero-order valence-corrected chi connectivity index (χ0v) is 15.0. The quantitative estimate of drug-likeness (QED) is 0.684. The summed E-state index contributed by atoms with van der Waals surface area (Å²) in [6.07, 6.45) is 6.34. The minimum atomic E-state index is 0.710. The van der Waals surface area contributed by atoms with Crippen LogP contribution in [-0.4, -0.2) is 26.4 Å². The van der Waals surface area contributed by atoms with Crippen LogP contribution in [0, 0.1) is 0 Å². The molecular formula is C19H16Cl2N4. The molecule has 0 bridgehead atoms. The Morgan fingerprint density at radius 3 is 2.64 bits per heavy atom. The summed E-state index contributed by atoms with van der Waals surface area (Å²) in [5.74, 6) is 0.731. The lowest BCUT2D eigenvalue weighted by Gasteiger charge is -2.28. The Labute approximate surface area is 156 Å². The van der Waals surface area contributed by atoms with Gasteiger partial charge in [0.25, 0.3) is 0 Å². The van der Waals surface area contributed by atoms with E-state index in [0.29, 0.717) is 10.0 Å². The lowest BCUT2D eigenvalue weighted by Crippen LogP contribution is -2.31. The average molecular weight is 371 g/mol. The van der Waals surface area contributed by atoms with E-state index >= 15 is 0 Å². The van der Waals surface area contributed by atoms with Gasteiger partial charge < -0.3 is 0 Å². The lowest BCUT2D eigenvalue weighted by molar-refractivity contribution is 0.243. The average Bonchev–Trinajstić information content (AvgIpc) is 2.65. The van der Waals surface area contributed by atoms with E-state index < -0.39 is 0 Å². The summed E-state index contributed by atoms with van der Waals surface area (Å²) in [5.41, 5.74) is 4.18. The monoisotopic (exact) mass is 370 g/mol. The van der Waals surface area contributed by atoms with Crippen molar-refractivity contribution in [3.63, 3.8) is 0 Å². The summed E-state index contributed by atoms with van der Waals surface area (Å²) in [6.45, 7) is 2.44. The second-order valence-corrected chi connectivity index (χ2v) is 6.88. The summed E-state index contributed by atoms with van der Waals surface area (Å²) in [6, 6.07) is 9.50. The zero-order valence-electron chi connectivity index (χ0n) is 13.5. The second kappa shape index (κ2) is 7.08. The van der Waals surface area contributed by atoms with Gasteiger partial charge in [-0.15, -0.1) is 0 Å². The minimum Gasteiger partial charge on any atom is -0.294 e. The van der Waals surface area contributed by atoms with Gasteiger partial charge in [-0.2, -0.15) is 0 Å². The Hall–Kier alpha value is -2.01. The molecule has 4 rings (SSSR count). The number of hydrogen-bond donors (Lipinski definition) is 0. The van der Waals surface area contributed by atoms with Gasteiger partial charge in [0.1, 0.15) is 0 Å². The van der Waals surface area contributed by atoms with Gasteiger partial charge in [0.2, 0.25) is 0 Å². The summed E-state index contributed by atoms with van der Waals surface area (Å²) < 4.78 is 0. The molecule has 0 atom stereocenters. The first kappa shape index (κ1) is 16.5.